The Bertz CT molecular complexity index is 569. The third kappa shape index (κ3) is 3.30. The number of hydrogen-bond acceptors (Lipinski definition) is 3. The zero-order chi connectivity index (χ0) is 14.7. The highest BCUT2D eigenvalue weighted by molar-refractivity contribution is 8.00. The van der Waals surface area contributed by atoms with Gasteiger partial charge in [-0.3, -0.25) is 4.98 Å². The lowest BCUT2D eigenvalue weighted by molar-refractivity contribution is 0.531. The number of benzene rings is 1. The Morgan fingerprint density at radius 1 is 1.29 bits per heavy atom. The van der Waals surface area contributed by atoms with Gasteiger partial charge in [-0.05, 0) is 43.1 Å². The molecule has 2 unspecified atom stereocenters. The van der Waals surface area contributed by atoms with Gasteiger partial charge in [0.25, 0.3) is 0 Å². The van der Waals surface area contributed by atoms with Gasteiger partial charge in [-0.2, -0.15) is 0 Å². The van der Waals surface area contributed by atoms with E-state index in [1.54, 1.807) is 0 Å². The second-order valence-corrected chi connectivity index (χ2v) is 6.86. The van der Waals surface area contributed by atoms with Gasteiger partial charge in [0, 0.05) is 34.5 Å². The third-order valence-electron chi connectivity index (χ3n) is 4.21. The van der Waals surface area contributed by atoms with Crippen LogP contribution in [-0.4, -0.2) is 23.3 Å². The van der Waals surface area contributed by atoms with Crippen molar-refractivity contribution in [2.24, 2.45) is 0 Å². The molecular weight excluding hydrogens is 276 g/mol. The van der Waals surface area contributed by atoms with Crippen LogP contribution in [0.2, 0.25) is 0 Å². The summed E-state index contributed by atoms with van der Waals surface area (Å²) in [6, 6.07) is 13.6. The molecule has 1 aromatic carbocycles. The number of thioether (sulfide) groups is 1. The van der Waals surface area contributed by atoms with E-state index < -0.39 is 0 Å². The number of nitrogens with zero attached hydrogens (tertiary/aromatic N) is 1. The first-order chi connectivity index (χ1) is 10.3. The van der Waals surface area contributed by atoms with Crippen molar-refractivity contribution in [3.63, 3.8) is 0 Å². The summed E-state index contributed by atoms with van der Waals surface area (Å²) < 4.78 is 0. The van der Waals surface area contributed by atoms with Crippen molar-refractivity contribution in [2.75, 3.05) is 7.05 Å². The van der Waals surface area contributed by atoms with Crippen molar-refractivity contribution < 1.29 is 0 Å². The van der Waals surface area contributed by atoms with E-state index >= 15 is 0 Å². The molecule has 0 radical (unpaired) electrons. The summed E-state index contributed by atoms with van der Waals surface area (Å²) >= 11 is 2.01. The summed E-state index contributed by atoms with van der Waals surface area (Å²) in [6.07, 6.45) is 5.21. The van der Waals surface area contributed by atoms with Gasteiger partial charge in [0.1, 0.15) is 0 Å². The molecule has 1 aliphatic heterocycles. The lowest BCUT2D eigenvalue weighted by Gasteiger charge is -2.22. The van der Waals surface area contributed by atoms with E-state index in [-0.39, 0.29) is 0 Å². The highest BCUT2D eigenvalue weighted by Gasteiger charge is 2.28. The summed E-state index contributed by atoms with van der Waals surface area (Å²) in [4.78, 5) is 6.05. The van der Waals surface area contributed by atoms with Crippen molar-refractivity contribution in [1.29, 1.82) is 0 Å². The minimum absolute atomic E-state index is 0.461. The fourth-order valence-corrected chi connectivity index (χ4v) is 4.31. The highest BCUT2D eigenvalue weighted by atomic mass is 32.2. The number of pyridine rings is 1. The minimum Gasteiger partial charge on any atom is -0.315 e. The summed E-state index contributed by atoms with van der Waals surface area (Å²) in [5.74, 6) is 0. The number of fused-ring (bicyclic) bond motifs is 1. The Labute approximate surface area is 131 Å². The molecule has 3 rings (SSSR count). The van der Waals surface area contributed by atoms with Crippen LogP contribution in [0, 0.1) is 0 Å². The molecular formula is C18H22N2S. The van der Waals surface area contributed by atoms with Gasteiger partial charge in [-0.15, -0.1) is 11.8 Å². The summed E-state index contributed by atoms with van der Waals surface area (Å²) in [7, 11) is 2.06. The summed E-state index contributed by atoms with van der Waals surface area (Å²) in [5.41, 5.74) is 3.98. The average molecular weight is 298 g/mol. The van der Waals surface area contributed by atoms with E-state index in [0.29, 0.717) is 11.3 Å². The van der Waals surface area contributed by atoms with Gasteiger partial charge in [-0.1, -0.05) is 31.2 Å². The van der Waals surface area contributed by atoms with Gasteiger partial charge in [0.15, 0.2) is 0 Å². The first-order valence-corrected chi connectivity index (χ1v) is 8.53. The Balaban J connectivity index is 1.68. The SMILES string of the molecule is CCc1ccc(CC(NC)C2Cc3ccccc3S2)nc1. The molecule has 0 bridgehead atoms. The molecule has 3 heteroatoms. The maximum atomic E-state index is 4.61. The molecule has 2 aromatic rings. The van der Waals surface area contributed by atoms with E-state index in [0.717, 1.165) is 19.3 Å². The molecule has 0 aliphatic carbocycles. The van der Waals surface area contributed by atoms with E-state index in [9.17, 15) is 0 Å². The fraction of sp³-hybridized carbons (Fsp3) is 0.389. The van der Waals surface area contributed by atoms with Crippen LogP contribution in [0.4, 0.5) is 0 Å². The molecule has 0 fully saturated rings. The van der Waals surface area contributed by atoms with Crippen molar-refractivity contribution in [1.82, 2.24) is 10.3 Å². The Morgan fingerprint density at radius 3 is 2.81 bits per heavy atom. The maximum Gasteiger partial charge on any atom is 0.0419 e. The highest BCUT2D eigenvalue weighted by Crippen LogP contribution is 2.38. The van der Waals surface area contributed by atoms with Crippen molar-refractivity contribution in [2.45, 2.75) is 42.4 Å². The molecule has 2 nitrogen and oxygen atoms in total. The van der Waals surface area contributed by atoms with Crippen molar-refractivity contribution >= 4 is 11.8 Å². The molecule has 1 aliphatic rings. The van der Waals surface area contributed by atoms with Gasteiger partial charge in [0.2, 0.25) is 0 Å². The first-order valence-electron chi connectivity index (χ1n) is 7.65. The van der Waals surface area contributed by atoms with Crippen molar-refractivity contribution in [3.8, 4) is 0 Å². The molecule has 0 amide bonds. The summed E-state index contributed by atoms with van der Waals surface area (Å²) in [5, 5.41) is 4.09. The Morgan fingerprint density at radius 2 is 2.14 bits per heavy atom. The number of likely N-dealkylation sites (N-methyl/N-ethyl adjacent to an activating group) is 1. The average Bonchev–Trinajstić information content (AvgIpc) is 2.97. The number of aromatic nitrogens is 1. The quantitative estimate of drug-likeness (QED) is 0.914. The van der Waals surface area contributed by atoms with E-state index in [1.807, 2.05) is 18.0 Å². The topological polar surface area (TPSA) is 24.9 Å². The van der Waals surface area contributed by atoms with Crippen LogP contribution in [0.15, 0.2) is 47.5 Å². The maximum absolute atomic E-state index is 4.61. The number of aryl methyl sites for hydroxylation is 1. The van der Waals surface area contributed by atoms with E-state index in [2.05, 4.69) is 60.7 Å². The van der Waals surface area contributed by atoms with Crippen LogP contribution >= 0.6 is 11.8 Å². The predicted octanol–water partition coefficient (Wildman–Crippen LogP) is 3.49. The van der Waals surface area contributed by atoms with Crippen LogP contribution in [0.25, 0.3) is 0 Å². The molecule has 21 heavy (non-hydrogen) atoms. The van der Waals surface area contributed by atoms with Crippen LogP contribution in [0.1, 0.15) is 23.7 Å². The van der Waals surface area contributed by atoms with Gasteiger partial charge in [0.05, 0.1) is 0 Å². The predicted molar refractivity (Wildman–Crippen MR) is 90.0 cm³/mol. The molecule has 1 aromatic heterocycles. The zero-order valence-electron chi connectivity index (χ0n) is 12.7. The third-order valence-corrected chi connectivity index (χ3v) is 5.67. The molecule has 110 valence electrons. The van der Waals surface area contributed by atoms with Crippen LogP contribution in [0.5, 0.6) is 0 Å². The second kappa shape index (κ2) is 6.63. The lowest BCUT2D eigenvalue weighted by atomic mass is 10.0. The van der Waals surface area contributed by atoms with Gasteiger partial charge < -0.3 is 5.32 Å². The molecule has 0 spiro atoms. The standard InChI is InChI=1S/C18H22N2S/c1-3-13-8-9-15(20-12-13)11-16(19-2)18-10-14-6-4-5-7-17(14)21-18/h4-9,12,16,18-19H,3,10-11H2,1-2H3. The smallest absolute Gasteiger partial charge is 0.0419 e. The number of hydrogen-bond donors (Lipinski definition) is 1. The normalized spacial score (nSPS) is 18.5. The lowest BCUT2D eigenvalue weighted by Crippen LogP contribution is -2.37. The Kier molecular flexibility index (Phi) is 4.61. The van der Waals surface area contributed by atoms with Crippen LogP contribution in [0.3, 0.4) is 0 Å². The van der Waals surface area contributed by atoms with Gasteiger partial charge >= 0.3 is 0 Å². The number of nitrogens with one attached hydrogen (secondary N) is 1. The Hall–Kier alpha value is -1.32. The summed E-state index contributed by atoms with van der Waals surface area (Å²) in [6.45, 7) is 2.17. The monoisotopic (exact) mass is 298 g/mol. The number of rotatable bonds is 5. The largest absolute Gasteiger partial charge is 0.315 e. The van der Waals surface area contributed by atoms with Crippen LogP contribution in [-0.2, 0) is 19.3 Å². The molecule has 2 heterocycles. The minimum atomic E-state index is 0.461. The van der Waals surface area contributed by atoms with Crippen molar-refractivity contribution in [3.05, 3.63) is 59.4 Å². The van der Waals surface area contributed by atoms with E-state index in [4.69, 9.17) is 0 Å². The second-order valence-electron chi connectivity index (χ2n) is 5.58. The molecule has 0 saturated heterocycles. The molecule has 0 saturated carbocycles. The molecule has 1 N–H and O–H groups in total. The fourth-order valence-electron chi connectivity index (χ4n) is 2.86. The first kappa shape index (κ1) is 14.6. The van der Waals surface area contributed by atoms with Gasteiger partial charge in [-0.25, -0.2) is 0 Å². The van der Waals surface area contributed by atoms with Crippen LogP contribution < -0.4 is 5.32 Å². The zero-order valence-corrected chi connectivity index (χ0v) is 13.5. The van der Waals surface area contributed by atoms with E-state index in [1.165, 1.54) is 21.7 Å². The molecule has 2 atom stereocenters.